The molecule has 1 aromatic heterocycles. The van der Waals surface area contributed by atoms with Gasteiger partial charge in [0.2, 0.25) is 0 Å². The maximum atomic E-state index is 2.34. The van der Waals surface area contributed by atoms with Crippen LogP contribution in [0.3, 0.4) is 0 Å². The molecule has 1 heteroatoms. The van der Waals surface area contributed by atoms with Gasteiger partial charge in [-0.1, -0.05) is 48.5 Å². The van der Waals surface area contributed by atoms with Crippen LogP contribution < -0.4 is 0 Å². The first-order valence-corrected chi connectivity index (χ1v) is 6.60. The average molecular weight is 224 g/mol. The molecule has 86 valence electrons. The van der Waals surface area contributed by atoms with Crippen molar-refractivity contribution in [2.45, 2.75) is 59.8 Å². The monoisotopic (exact) mass is 224 g/mol. The predicted octanol–water partition coefficient (Wildman–Crippen LogP) is 5.20. The van der Waals surface area contributed by atoms with Gasteiger partial charge in [-0.2, -0.15) is 0 Å². The summed E-state index contributed by atoms with van der Waals surface area (Å²) in [6.45, 7) is 16.2. The number of hydrogen-bond acceptors (Lipinski definition) is 1. The minimum atomic E-state index is 0.281. The molecular weight excluding hydrogens is 200 g/mol. The Morgan fingerprint density at radius 2 is 1.60 bits per heavy atom. The molecule has 1 aromatic rings. The molecule has 0 saturated heterocycles. The summed E-state index contributed by atoms with van der Waals surface area (Å²) < 4.78 is 0. The molecule has 0 N–H and O–H groups in total. The third kappa shape index (κ3) is 2.84. The van der Waals surface area contributed by atoms with E-state index in [1.165, 1.54) is 0 Å². The van der Waals surface area contributed by atoms with Gasteiger partial charge >= 0.3 is 0 Å². The summed E-state index contributed by atoms with van der Waals surface area (Å²) in [4.78, 5) is 1.55. The van der Waals surface area contributed by atoms with Gasteiger partial charge in [0.1, 0.15) is 0 Å². The van der Waals surface area contributed by atoms with Gasteiger partial charge in [0.15, 0.2) is 0 Å². The lowest BCUT2D eigenvalue weighted by atomic mass is 9.75. The fourth-order valence-electron chi connectivity index (χ4n) is 1.74. The third-order valence-electron chi connectivity index (χ3n) is 3.14. The van der Waals surface area contributed by atoms with Crippen LogP contribution in [0.15, 0.2) is 11.4 Å². The van der Waals surface area contributed by atoms with Crippen molar-refractivity contribution in [2.24, 2.45) is 5.41 Å². The lowest BCUT2D eigenvalue weighted by molar-refractivity contribution is 0.336. The van der Waals surface area contributed by atoms with Crippen molar-refractivity contribution in [2.75, 3.05) is 0 Å². The van der Waals surface area contributed by atoms with E-state index in [0.717, 1.165) is 0 Å². The molecule has 0 spiro atoms. The van der Waals surface area contributed by atoms with Gasteiger partial charge in [0.05, 0.1) is 0 Å². The second-order valence-electron chi connectivity index (χ2n) is 6.54. The fourth-order valence-corrected chi connectivity index (χ4v) is 2.82. The van der Waals surface area contributed by atoms with Crippen molar-refractivity contribution in [3.63, 3.8) is 0 Å². The Morgan fingerprint density at radius 3 is 2.00 bits per heavy atom. The lowest BCUT2D eigenvalue weighted by Crippen LogP contribution is -2.19. The first-order valence-electron chi connectivity index (χ1n) is 5.72. The van der Waals surface area contributed by atoms with Crippen LogP contribution in [-0.4, -0.2) is 0 Å². The molecule has 1 heterocycles. The molecular formula is C14H24S. The van der Waals surface area contributed by atoms with Gasteiger partial charge in [-0.05, 0) is 33.8 Å². The van der Waals surface area contributed by atoms with Crippen molar-refractivity contribution in [1.82, 2.24) is 0 Å². The van der Waals surface area contributed by atoms with Crippen molar-refractivity contribution in [3.8, 4) is 0 Å². The first-order chi connectivity index (χ1) is 6.64. The highest BCUT2D eigenvalue weighted by Gasteiger charge is 2.28. The summed E-state index contributed by atoms with van der Waals surface area (Å²) in [6, 6.07) is 2.31. The van der Waals surface area contributed by atoms with Gasteiger partial charge in [-0.3, -0.25) is 0 Å². The van der Waals surface area contributed by atoms with E-state index in [1.807, 2.05) is 11.3 Å². The second kappa shape index (κ2) is 3.93. The SMILES string of the molecule is CC(c1ccsc1C(C)(C)C)C(C)(C)C. The van der Waals surface area contributed by atoms with E-state index < -0.39 is 0 Å². The Balaban J connectivity index is 3.12. The smallest absolute Gasteiger partial charge is 0.0134 e. The summed E-state index contributed by atoms with van der Waals surface area (Å²) in [5.41, 5.74) is 2.17. The van der Waals surface area contributed by atoms with Crippen molar-refractivity contribution >= 4 is 11.3 Å². The van der Waals surface area contributed by atoms with E-state index in [9.17, 15) is 0 Å². The standard InChI is InChI=1S/C14H24S/c1-10(13(2,3)4)11-8-9-15-12(11)14(5,6)7/h8-10H,1-7H3. The lowest BCUT2D eigenvalue weighted by Gasteiger charge is -2.30. The van der Waals surface area contributed by atoms with Gasteiger partial charge in [-0.25, -0.2) is 0 Å². The zero-order valence-corrected chi connectivity index (χ0v) is 12.0. The molecule has 1 unspecified atom stereocenters. The Kier molecular flexibility index (Phi) is 3.35. The predicted molar refractivity (Wildman–Crippen MR) is 70.9 cm³/mol. The van der Waals surface area contributed by atoms with E-state index in [0.29, 0.717) is 11.3 Å². The summed E-state index contributed by atoms with van der Waals surface area (Å²) >= 11 is 1.90. The molecule has 0 aliphatic heterocycles. The summed E-state index contributed by atoms with van der Waals surface area (Å²) in [5.74, 6) is 0.623. The van der Waals surface area contributed by atoms with Crippen molar-refractivity contribution in [3.05, 3.63) is 21.9 Å². The van der Waals surface area contributed by atoms with Gasteiger partial charge < -0.3 is 0 Å². The second-order valence-corrected chi connectivity index (χ2v) is 7.46. The summed E-state index contributed by atoms with van der Waals surface area (Å²) in [5, 5.41) is 2.23. The molecule has 0 amide bonds. The number of hydrogen-bond donors (Lipinski definition) is 0. The highest BCUT2D eigenvalue weighted by atomic mass is 32.1. The van der Waals surface area contributed by atoms with Crippen LogP contribution in [0.25, 0.3) is 0 Å². The van der Waals surface area contributed by atoms with Gasteiger partial charge in [0, 0.05) is 4.88 Å². The van der Waals surface area contributed by atoms with Crippen molar-refractivity contribution < 1.29 is 0 Å². The van der Waals surface area contributed by atoms with E-state index >= 15 is 0 Å². The third-order valence-corrected chi connectivity index (χ3v) is 4.50. The van der Waals surface area contributed by atoms with Crippen LogP contribution in [0.1, 0.15) is 64.8 Å². The maximum absolute atomic E-state index is 2.34. The van der Waals surface area contributed by atoms with Gasteiger partial charge in [-0.15, -0.1) is 11.3 Å². The molecule has 0 bridgehead atoms. The van der Waals surface area contributed by atoms with Crippen LogP contribution in [0.4, 0.5) is 0 Å². The van der Waals surface area contributed by atoms with Gasteiger partial charge in [0.25, 0.3) is 0 Å². The summed E-state index contributed by atoms with van der Waals surface area (Å²) in [7, 11) is 0. The van der Waals surface area contributed by atoms with E-state index in [-0.39, 0.29) is 5.41 Å². The molecule has 1 rings (SSSR count). The minimum absolute atomic E-state index is 0.281. The van der Waals surface area contributed by atoms with Crippen LogP contribution in [0, 0.1) is 5.41 Å². The zero-order valence-electron chi connectivity index (χ0n) is 11.1. The molecule has 15 heavy (non-hydrogen) atoms. The molecule has 1 atom stereocenters. The van der Waals surface area contributed by atoms with Crippen molar-refractivity contribution in [1.29, 1.82) is 0 Å². The average Bonchev–Trinajstić information content (AvgIpc) is 2.47. The number of thiophene rings is 1. The topological polar surface area (TPSA) is 0 Å². The Bertz CT molecular complexity index is 320. The van der Waals surface area contributed by atoms with E-state index in [2.05, 4.69) is 59.9 Å². The largest absolute Gasteiger partial charge is 0.148 e. The Morgan fingerprint density at radius 1 is 1.07 bits per heavy atom. The molecule has 0 aliphatic rings. The van der Waals surface area contributed by atoms with Crippen LogP contribution in [0.5, 0.6) is 0 Å². The fraction of sp³-hybridized carbons (Fsp3) is 0.714. The summed E-state index contributed by atoms with van der Waals surface area (Å²) in [6.07, 6.45) is 0. The highest BCUT2D eigenvalue weighted by Crippen LogP contribution is 2.41. The number of rotatable bonds is 1. The molecule has 0 fully saturated rings. The Hall–Kier alpha value is -0.300. The van der Waals surface area contributed by atoms with Crippen LogP contribution in [0.2, 0.25) is 0 Å². The highest BCUT2D eigenvalue weighted by molar-refractivity contribution is 7.10. The maximum Gasteiger partial charge on any atom is 0.0134 e. The minimum Gasteiger partial charge on any atom is -0.148 e. The first kappa shape index (κ1) is 12.8. The quantitative estimate of drug-likeness (QED) is 0.615. The molecule has 0 radical (unpaired) electrons. The normalized spacial score (nSPS) is 15.4. The van der Waals surface area contributed by atoms with E-state index in [1.54, 1.807) is 10.4 Å². The molecule has 0 aromatic carbocycles. The molecule has 0 nitrogen and oxygen atoms in total. The molecule has 0 saturated carbocycles. The van der Waals surface area contributed by atoms with E-state index in [4.69, 9.17) is 0 Å². The van der Waals surface area contributed by atoms with Crippen LogP contribution in [-0.2, 0) is 5.41 Å². The Labute approximate surface area is 98.7 Å². The zero-order chi connectivity index (χ0) is 11.9. The molecule has 0 aliphatic carbocycles. The van der Waals surface area contributed by atoms with Crippen LogP contribution >= 0.6 is 11.3 Å².